The van der Waals surface area contributed by atoms with E-state index in [0.29, 0.717) is 40.7 Å². The van der Waals surface area contributed by atoms with E-state index in [9.17, 15) is 9.59 Å². The number of halogens is 2. The van der Waals surface area contributed by atoms with Crippen LogP contribution in [0.5, 0.6) is 0 Å². The molecule has 4 rings (SSSR count). The SMILES string of the molecule is CC(C)(C)[Si](C)(C)O[C@H]1CN2C(=O)N(c3cc(Cl)cc(Cl)c3)C(=O)[C@@]2(Cc2ccc(C#N)cc2)C1. The van der Waals surface area contributed by atoms with Crippen LogP contribution in [0.3, 0.4) is 0 Å². The summed E-state index contributed by atoms with van der Waals surface area (Å²) in [5.74, 6) is -0.313. The number of urea groups is 1. The molecule has 0 radical (unpaired) electrons. The molecular formula is C26H29Cl2N3O3Si. The van der Waals surface area contributed by atoms with Gasteiger partial charge in [0.15, 0.2) is 8.32 Å². The van der Waals surface area contributed by atoms with Crippen LogP contribution >= 0.6 is 23.2 Å². The highest BCUT2D eigenvalue weighted by atomic mass is 35.5. The van der Waals surface area contributed by atoms with Crippen LogP contribution in [-0.2, 0) is 15.6 Å². The molecule has 184 valence electrons. The van der Waals surface area contributed by atoms with Crippen LogP contribution in [0.15, 0.2) is 42.5 Å². The zero-order valence-corrected chi connectivity index (χ0v) is 23.1. The number of imide groups is 1. The summed E-state index contributed by atoms with van der Waals surface area (Å²) in [5.41, 5.74) is 0.673. The van der Waals surface area contributed by atoms with E-state index in [2.05, 4.69) is 39.9 Å². The second kappa shape index (κ2) is 8.93. The molecule has 0 aromatic heterocycles. The summed E-state index contributed by atoms with van der Waals surface area (Å²) in [4.78, 5) is 30.6. The smallest absolute Gasteiger partial charge is 0.332 e. The average Bonchev–Trinajstić information content (AvgIpc) is 3.19. The molecule has 3 amide bonds. The Kier molecular flexibility index (Phi) is 6.56. The Labute approximate surface area is 217 Å². The van der Waals surface area contributed by atoms with Crippen molar-refractivity contribution >= 4 is 49.1 Å². The lowest BCUT2D eigenvalue weighted by molar-refractivity contribution is -0.124. The van der Waals surface area contributed by atoms with Crippen LogP contribution in [0.1, 0.15) is 38.3 Å². The van der Waals surface area contributed by atoms with E-state index in [-0.39, 0.29) is 17.0 Å². The average molecular weight is 531 g/mol. The summed E-state index contributed by atoms with van der Waals surface area (Å²) in [6.45, 7) is 11.2. The van der Waals surface area contributed by atoms with E-state index in [4.69, 9.17) is 32.9 Å². The first-order chi connectivity index (χ1) is 16.3. The molecule has 0 saturated carbocycles. The molecule has 35 heavy (non-hydrogen) atoms. The molecule has 6 nitrogen and oxygen atoms in total. The summed E-state index contributed by atoms with van der Waals surface area (Å²) in [6.07, 6.45) is 0.479. The quantitative estimate of drug-likeness (QED) is 0.331. The number of anilines is 1. The maximum atomic E-state index is 14.1. The Morgan fingerprint density at radius 3 is 2.26 bits per heavy atom. The molecule has 2 aromatic rings. The normalized spacial score (nSPS) is 22.5. The van der Waals surface area contributed by atoms with E-state index in [1.54, 1.807) is 35.2 Å². The highest BCUT2D eigenvalue weighted by Gasteiger charge is 2.63. The molecule has 2 saturated heterocycles. The first-order valence-corrected chi connectivity index (χ1v) is 15.2. The molecule has 2 atom stereocenters. The topological polar surface area (TPSA) is 73.6 Å². The van der Waals surface area contributed by atoms with E-state index in [1.165, 1.54) is 4.90 Å². The first kappa shape index (κ1) is 25.7. The van der Waals surface area contributed by atoms with Gasteiger partial charge in [-0.3, -0.25) is 4.79 Å². The minimum Gasteiger partial charge on any atom is -0.412 e. The van der Waals surface area contributed by atoms with Crippen molar-refractivity contribution in [3.63, 3.8) is 0 Å². The van der Waals surface area contributed by atoms with Crippen molar-refractivity contribution in [1.82, 2.24) is 4.90 Å². The number of hydrogen-bond acceptors (Lipinski definition) is 4. The molecular weight excluding hydrogens is 501 g/mol. The van der Waals surface area contributed by atoms with E-state index in [1.807, 2.05) is 12.1 Å². The third-order valence-electron chi connectivity index (χ3n) is 7.44. The number of carbonyl (C=O) groups excluding carboxylic acids is 2. The van der Waals surface area contributed by atoms with Crippen molar-refractivity contribution in [3.8, 4) is 6.07 Å². The molecule has 2 fully saturated rings. The van der Waals surface area contributed by atoms with Crippen LogP contribution < -0.4 is 4.90 Å². The second-order valence-electron chi connectivity index (χ2n) is 10.9. The van der Waals surface area contributed by atoms with Crippen molar-refractivity contribution in [2.24, 2.45) is 0 Å². The van der Waals surface area contributed by atoms with Gasteiger partial charge in [-0.2, -0.15) is 5.26 Å². The molecule has 0 unspecified atom stereocenters. The lowest BCUT2D eigenvalue weighted by Crippen LogP contribution is -2.47. The van der Waals surface area contributed by atoms with Gasteiger partial charge in [0.2, 0.25) is 0 Å². The summed E-state index contributed by atoms with van der Waals surface area (Å²) in [6, 6.07) is 13.6. The van der Waals surface area contributed by atoms with Gasteiger partial charge in [-0.05, 0) is 54.0 Å². The van der Waals surface area contributed by atoms with E-state index >= 15 is 0 Å². The number of fused-ring (bicyclic) bond motifs is 1. The number of nitriles is 1. The largest absolute Gasteiger partial charge is 0.412 e. The first-order valence-electron chi connectivity index (χ1n) is 11.6. The molecule has 2 aromatic carbocycles. The number of hydrogen-bond donors (Lipinski definition) is 0. The maximum absolute atomic E-state index is 14.1. The fourth-order valence-corrected chi connectivity index (χ4v) is 6.52. The number of carbonyl (C=O) groups is 2. The van der Waals surface area contributed by atoms with Gasteiger partial charge in [0.05, 0.1) is 23.4 Å². The van der Waals surface area contributed by atoms with Crippen molar-refractivity contribution in [1.29, 1.82) is 5.26 Å². The monoisotopic (exact) mass is 529 g/mol. The highest BCUT2D eigenvalue weighted by molar-refractivity contribution is 6.74. The highest BCUT2D eigenvalue weighted by Crippen LogP contribution is 2.46. The molecule has 2 aliphatic rings. The van der Waals surface area contributed by atoms with Crippen LogP contribution in [-0.4, -0.2) is 43.3 Å². The minimum absolute atomic E-state index is 0.00207. The Hall–Kier alpha value is -2.37. The van der Waals surface area contributed by atoms with Crippen LogP contribution in [0, 0.1) is 11.3 Å². The molecule has 0 N–H and O–H groups in total. The third kappa shape index (κ3) is 4.61. The Morgan fingerprint density at radius 1 is 1.11 bits per heavy atom. The lowest BCUT2D eigenvalue weighted by Gasteiger charge is -2.38. The van der Waals surface area contributed by atoms with Gasteiger partial charge in [0.1, 0.15) is 5.54 Å². The van der Waals surface area contributed by atoms with Crippen molar-refractivity contribution in [2.45, 2.75) is 63.4 Å². The fourth-order valence-electron chi connectivity index (χ4n) is 4.66. The molecule has 2 aliphatic heterocycles. The minimum atomic E-state index is -2.13. The van der Waals surface area contributed by atoms with Gasteiger partial charge in [0, 0.05) is 29.4 Å². The number of benzene rings is 2. The molecule has 9 heteroatoms. The fraction of sp³-hybridized carbons (Fsp3) is 0.423. The number of rotatable bonds is 5. The second-order valence-corrected chi connectivity index (χ2v) is 16.5. The van der Waals surface area contributed by atoms with Gasteiger partial charge in [-0.15, -0.1) is 0 Å². The predicted octanol–water partition coefficient (Wildman–Crippen LogP) is 6.41. The summed E-state index contributed by atoms with van der Waals surface area (Å²) in [5, 5.41) is 9.85. The van der Waals surface area contributed by atoms with Gasteiger partial charge < -0.3 is 9.33 Å². The van der Waals surface area contributed by atoms with Crippen LogP contribution in [0.2, 0.25) is 28.2 Å². The van der Waals surface area contributed by atoms with Crippen LogP contribution in [0.4, 0.5) is 10.5 Å². The summed E-state index contributed by atoms with van der Waals surface area (Å²) in [7, 11) is -2.13. The maximum Gasteiger partial charge on any atom is 0.332 e. The lowest BCUT2D eigenvalue weighted by atomic mass is 9.87. The Bertz CT molecular complexity index is 1200. The molecule has 0 aliphatic carbocycles. The van der Waals surface area contributed by atoms with Gasteiger partial charge in [-0.25, -0.2) is 9.69 Å². The number of nitrogens with zero attached hydrogens (tertiary/aromatic N) is 3. The zero-order chi connectivity index (χ0) is 25.8. The van der Waals surface area contributed by atoms with Gasteiger partial charge in [0.25, 0.3) is 5.91 Å². The van der Waals surface area contributed by atoms with Gasteiger partial charge >= 0.3 is 6.03 Å². The Morgan fingerprint density at radius 2 is 1.71 bits per heavy atom. The van der Waals surface area contributed by atoms with E-state index < -0.39 is 19.9 Å². The molecule has 0 spiro atoms. The standard InChI is InChI=1S/C26H29Cl2N3O3Si/c1-25(2,3)35(4,5)34-22-14-26(13-17-6-8-18(15-29)9-7-17)23(32)31(24(33)30(26)16-22)21-11-19(27)10-20(28)12-21/h6-12,22H,13-14,16H2,1-5H3/t22-,26-/m1/s1. The summed E-state index contributed by atoms with van der Waals surface area (Å²) < 4.78 is 6.66. The van der Waals surface area contributed by atoms with Crippen molar-refractivity contribution < 1.29 is 14.0 Å². The van der Waals surface area contributed by atoms with E-state index in [0.717, 1.165) is 5.56 Å². The van der Waals surface area contributed by atoms with Crippen LogP contribution in [0.25, 0.3) is 0 Å². The number of amides is 3. The predicted molar refractivity (Wildman–Crippen MR) is 140 cm³/mol. The molecule has 2 heterocycles. The molecule has 0 bridgehead atoms. The Balaban J connectivity index is 1.73. The van der Waals surface area contributed by atoms with Crippen molar-refractivity contribution in [3.05, 3.63) is 63.6 Å². The summed E-state index contributed by atoms with van der Waals surface area (Å²) >= 11 is 12.4. The van der Waals surface area contributed by atoms with Gasteiger partial charge in [-0.1, -0.05) is 56.1 Å². The zero-order valence-electron chi connectivity index (χ0n) is 20.6. The third-order valence-corrected chi connectivity index (χ3v) is 12.4. The van der Waals surface area contributed by atoms with Crippen molar-refractivity contribution in [2.75, 3.05) is 11.4 Å².